The number of carboxylic acid groups (broad SMARTS) is 1. The van der Waals surface area contributed by atoms with E-state index < -0.39 is 11.4 Å². The summed E-state index contributed by atoms with van der Waals surface area (Å²) >= 11 is 0. The molecule has 0 atom stereocenters. The molecule has 20 heavy (non-hydrogen) atoms. The molecule has 1 heterocycles. The summed E-state index contributed by atoms with van der Waals surface area (Å²) in [5, 5.41) is 9.34. The fourth-order valence-electron chi connectivity index (χ4n) is 2.13. The lowest BCUT2D eigenvalue weighted by Crippen LogP contribution is -2.28. The molecule has 106 valence electrons. The number of hydrogen-bond acceptors (Lipinski definition) is 2. The summed E-state index contributed by atoms with van der Waals surface area (Å²) in [6.07, 6.45) is 3.61. The number of carboxylic acids is 1. The average Bonchev–Trinajstić information content (AvgIpc) is 2.88. The van der Waals surface area contributed by atoms with Crippen LogP contribution in [-0.4, -0.2) is 20.6 Å². The highest BCUT2D eigenvalue weighted by atomic mass is 16.4. The highest BCUT2D eigenvalue weighted by Gasteiger charge is 2.29. The minimum Gasteiger partial charge on any atom is -0.481 e. The number of benzene rings is 1. The SMILES string of the molecule is CC(C)n1cncc1-c1cccc(C(C)(C)C(=O)O)c1. The van der Waals surface area contributed by atoms with Crippen molar-refractivity contribution in [2.45, 2.75) is 39.2 Å². The van der Waals surface area contributed by atoms with Crippen LogP contribution in [0.4, 0.5) is 0 Å². The van der Waals surface area contributed by atoms with E-state index in [4.69, 9.17) is 0 Å². The van der Waals surface area contributed by atoms with Gasteiger partial charge in [-0.3, -0.25) is 4.79 Å². The molecule has 0 fully saturated rings. The van der Waals surface area contributed by atoms with Crippen LogP contribution in [0.1, 0.15) is 39.3 Å². The normalized spacial score (nSPS) is 11.8. The fraction of sp³-hybridized carbons (Fsp3) is 0.375. The maximum Gasteiger partial charge on any atom is 0.313 e. The third-order valence-corrected chi connectivity index (χ3v) is 3.64. The molecule has 0 radical (unpaired) electrons. The molecule has 0 unspecified atom stereocenters. The molecule has 1 N–H and O–H groups in total. The van der Waals surface area contributed by atoms with Gasteiger partial charge in [0, 0.05) is 11.6 Å². The van der Waals surface area contributed by atoms with Crippen molar-refractivity contribution in [3.05, 3.63) is 42.4 Å². The van der Waals surface area contributed by atoms with Gasteiger partial charge in [0.1, 0.15) is 0 Å². The lowest BCUT2D eigenvalue weighted by atomic mass is 9.84. The zero-order valence-corrected chi connectivity index (χ0v) is 12.3. The lowest BCUT2D eigenvalue weighted by Gasteiger charge is -2.21. The van der Waals surface area contributed by atoms with Crippen LogP contribution in [0.5, 0.6) is 0 Å². The molecule has 2 aromatic rings. The van der Waals surface area contributed by atoms with E-state index in [9.17, 15) is 9.90 Å². The molecule has 0 spiro atoms. The third kappa shape index (κ3) is 2.46. The second-order valence-corrected chi connectivity index (χ2v) is 5.79. The molecule has 0 aliphatic heterocycles. The molecule has 1 aromatic carbocycles. The van der Waals surface area contributed by atoms with E-state index in [0.29, 0.717) is 6.04 Å². The van der Waals surface area contributed by atoms with E-state index in [1.807, 2.05) is 30.5 Å². The van der Waals surface area contributed by atoms with Gasteiger partial charge in [0.25, 0.3) is 0 Å². The molecule has 4 heteroatoms. The van der Waals surface area contributed by atoms with E-state index in [-0.39, 0.29) is 0 Å². The Morgan fingerprint density at radius 3 is 2.65 bits per heavy atom. The van der Waals surface area contributed by atoms with E-state index in [1.165, 1.54) is 0 Å². The highest BCUT2D eigenvalue weighted by Crippen LogP contribution is 2.29. The summed E-state index contributed by atoms with van der Waals surface area (Å²) in [5.41, 5.74) is 1.88. The molecule has 0 amide bonds. The largest absolute Gasteiger partial charge is 0.481 e. The van der Waals surface area contributed by atoms with Crippen molar-refractivity contribution in [1.82, 2.24) is 9.55 Å². The van der Waals surface area contributed by atoms with Gasteiger partial charge < -0.3 is 9.67 Å². The van der Waals surface area contributed by atoms with Gasteiger partial charge in [-0.2, -0.15) is 0 Å². The van der Waals surface area contributed by atoms with Crippen LogP contribution in [0.25, 0.3) is 11.3 Å². The topological polar surface area (TPSA) is 55.1 Å². The maximum absolute atomic E-state index is 11.4. The lowest BCUT2D eigenvalue weighted by molar-refractivity contribution is -0.142. The smallest absolute Gasteiger partial charge is 0.313 e. The van der Waals surface area contributed by atoms with E-state index >= 15 is 0 Å². The quantitative estimate of drug-likeness (QED) is 0.926. The number of aromatic nitrogens is 2. The van der Waals surface area contributed by atoms with Crippen LogP contribution in [0.3, 0.4) is 0 Å². The van der Waals surface area contributed by atoms with E-state index in [1.54, 1.807) is 20.2 Å². The van der Waals surface area contributed by atoms with Crippen molar-refractivity contribution in [3.63, 3.8) is 0 Å². The van der Waals surface area contributed by atoms with Crippen LogP contribution in [0.15, 0.2) is 36.8 Å². The number of rotatable bonds is 4. The van der Waals surface area contributed by atoms with Crippen LogP contribution in [-0.2, 0) is 10.2 Å². The average molecular weight is 272 g/mol. The van der Waals surface area contributed by atoms with Gasteiger partial charge >= 0.3 is 5.97 Å². The van der Waals surface area contributed by atoms with Gasteiger partial charge in [-0.25, -0.2) is 4.98 Å². The van der Waals surface area contributed by atoms with Crippen LogP contribution in [0.2, 0.25) is 0 Å². The molecule has 4 nitrogen and oxygen atoms in total. The molecule has 0 saturated heterocycles. The van der Waals surface area contributed by atoms with Crippen LogP contribution in [0, 0.1) is 0 Å². The predicted octanol–water partition coefficient (Wildman–Crippen LogP) is 3.49. The first kappa shape index (κ1) is 14.3. The Bertz CT molecular complexity index is 627. The van der Waals surface area contributed by atoms with Crippen molar-refractivity contribution >= 4 is 5.97 Å². The summed E-state index contributed by atoms with van der Waals surface area (Å²) in [5.74, 6) is -0.827. The van der Waals surface area contributed by atoms with Gasteiger partial charge in [-0.15, -0.1) is 0 Å². The highest BCUT2D eigenvalue weighted by molar-refractivity contribution is 5.81. The van der Waals surface area contributed by atoms with Crippen molar-refractivity contribution < 1.29 is 9.90 Å². The molecule has 2 rings (SSSR count). The summed E-state index contributed by atoms with van der Waals surface area (Å²) < 4.78 is 2.08. The number of imidazole rings is 1. The summed E-state index contributed by atoms with van der Waals surface area (Å²) in [6, 6.07) is 7.98. The summed E-state index contributed by atoms with van der Waals surface area (Å²) in [7, 11) is 0. The predicted molar refractivity (Wildman–Crippen MR) is 78.7 cm³/mol. The first-order valence-corrected chi connectivity index (χ1v) is 6.70. The standard InChI is InChI=1S/C16H20N2O2/c1-11(2)18-10-17-9-14(18)12-6-5-7-13(8-12)16(3,4)15(19)20/h5-11H,1-4H3,(H,19,20). The zero-order chi connectivity index (χ0) is 14.9. The van der Waals surface area contributed by atoms with Gasteiger partial charge in [-0.05, 0) is 39.3 Å². The molecule has 0 aliphatic rings. The van der Waals surface area contributed by atoms with Crippen LogP contribution >= 0.6 is 0 Å². The van der Waals surface area contributed by atoms with Crippen molar-refractivity contribution in [1.29, 1.82) is 0 Å². The van der Waals surface area contributed by atoms with E-state index in [2.05, 4.69) is 23.4 Å². The fourth-order valence-corrected chi connectivity index (χ4v) is 2.13. The summed E-state index contributed by atoms with van der Waals surface area (Å²) in [6.45, 7) is 7.62. The summed E-state index contributed by atoms with van der Waals surface area (Å²) in [4.78, 5) is 15.6. The molecule has 0 aliphatic carbocycles. The monoisotopic (exact) mass is 272 g/mol. The maximum atomic E-state index is 11.4. The Hall–Kier alpha value is -2.10. The van der Waals surface area contributed by atoms with E-state index in [0.717, 1.165) is 16.8 Å². The molecule has 0 saturated carbocycles. The van der Waals surface area contributed by atoms with Crippen molar-refractivity contribution in [2.75, 3.05) is 0 Å². The Kier molecular flexibility index (Phi) is 3.66. The number of carbonyl (C=O) groups is 1. The number of hydrogen-bond donors (Lipinski definition) is 1. The van der Waals surface area contributed by atoms with Gasteiger partial charge in [-0.1, -0.05) is 18.2 Å². The second-order valence-electron chi connectivity index (χ2n) is 5.79. The van der Waals surface area contributed by atoms with Crippen molar-refractivity contribution in [2.24, 2.45) is 0 Å². The van der Waals surface area contributed by atoms with Crippen molar-refractivity contribution in [3.8, 4) is 11.3 Å². The number of aliphatic carboxylic acids is 1. The third-order valence-electron chi connectivity index (χ3n) is 3.64. The Morgan fingerprint density at radius 1 is 1.35 bits per heavy atom. The van der Waals surface area contributed by atoms with Crippen LogP contribution < -0.4 is 0 Å². The minimum absolute atomic E-state index is 0.309. The Morgan fingerprint density at radius 2 is 2.05 bits per heavy atom. The first-order chi connectivity index (χ1) is 9.34. The molecular weight excluding hydrogens is 252 g/mol. The molecule has 1 aromatic heterocycles. The minimum atomic E-state index is -0.904. The van der Waals surface area contributed by atoms with Gasteiger partial charge in [0.2, 0.25) is 0 Å². The number of nitrogens with zero attached hydrogens (tertiary/aromatic N) is 2. The molecule has 0 bridgehead atoms. The Labute approximate surface area is 119 Å². The first-order valence-electron chi connectivity index (χ1n) is 6.70. The zero-order valence-electron chi connectivity index (χ0n) is 12.3. The van der Waals surface area contributed by atoms with Gasteiger partial charge in [0.05, 0.1) is 23.6 Å². The second kappa shape index (κ2) is 5.12. The molecular formula is C16H20N2O2. The van der Waals surface area contributed by atoms with Gasteiger partial charge in [0.15, 0.2) is 0 Å². The Balaban J connectivity index is 2.50.